The molecule has 1 saturated carbocycles. The van der Waals surface area contributed by atoms with Crippen molar-refractivity contribution in [2.45, 2.75) is 69.2 Å². The van der Waals surface area contributed by atoms with Crippen LogP contribution in [0, 0.1) is 0 Å². The van der Waals surface area contributed by atoms with Crippen LogP contribution in [0.15, 0.2) is 30.3 Å². The van der Waals surface area contributed by atoms with Crippen LogP contribution in [0.25, 0.3) is 0 Å². The van der Waals surface area contributed by atoms with Crippen LogP contribution in [0.2, 0.25) is 0 Å². The third kappa shape index (κ3) is 3.40. The molecule has 3 atom stereocenters. The molecule has 3 nitrogen and oxygen atoms in total. The summed E-state index contributed by atoms with van der Waals surface area (Å²) in [4.78, 5) is 5.38. The molecule has 3 aliphatic rings. The number of hydrogen-bond acceptors (Lipinski definition) is 3. The largest absolute Gasteiger partial charge is 0.375 e. The molecule has 3 heteroatoms. The Morgan fingerprint density at radius 1 is 1.12 bits per heavy atom. The topological polar surface area (TPSA) is 15.7 Å². The first-order valence-electron chi connectivity index (χ1n) is 9.88. The van der Waals surface area contributed by atoms with Crippen molar-refractivity contribution in [2.24, 2.45) is 0 Å². The van der Waals surface area contributed by atoms with E-state index in [1.165, 1.54) is 63.6 Å². The lowest BCUT2D eigenvalue weighted by atomic mass is 9.76. The molecule has 0 radical (unpaired) electrons. The highest BCUT2D eigenvalue weighted by molar-refractivity contribution is 5.15. The van der Waals surface area contributed by atoms with Crippen LogP contribution in [0.3, 0.4) is 0 Å². The molecule has 4 rings (SSSR count). The highest BCUT2D eigenvalue weighted by Gasteiger charge is 2.46. The zero-order chi connectivity index (χ0) is 16.4. The first-order valence-corrected chi connectivity index (χ1v) is 9.88. The molecule has 1 aliphatic carbocycles. The molecule has 0 amide bonds. The van der Waals surface area contributed by atoms with Gasteiger partial charge in [-0.05, 0) is 70.6 Å². The van der Waals surface area contributed by atoms with Gasteiger partial charge in [-0.2, -0.15) is 0 Å². The molecule has 1 aromatic carbocycles. The Kier molecular flexibility index (Phi) is 4.93. The standard InChI is InChI=1S/C21H32N2O/c1-22(17-18-8-3-2-4-9-18)19-10-12-21(11-7-15-24-21)16-20(19)23-13-5-6-14-23/h2-4,8-9,19-20H,5-7,10-17H2,1H3/t19-,20-,21-/m0/s1. The number of likely N-dealkylation sites (tertiary alicyclic amines) is 1. The highest BCUT2D eigenvalue weighted by Crippen LogP contribution is 2.43. The van der Waals surface area contributed by atoms with E-state index >= 15 is 0 Å². The summed E-state index contributed by atoms with van der Waals surface area (Å²) >= 11 is 0. The van der Waals surface area contributed by atoms with Gasteiger partial charge in [0.1, 0.15) is 0 Å². The van der Waals surface area contributed by atoms with Gasteiger partial charge in [0.25, 0.3) is 0 Å². The molecule has 1 spiro atoms. The predicted molar refractivity (Wildman–Crippen MR) is 98.1 cm³/mol. The van der Waals surface area contributed by atoms with Gasteiger partial charge >= 0.3 is 0 Å². The quantitative estimate of drug-likeness (QED) is 0.838. The van der Waals surface area contributed by atoms with E-state index in [0.29, 0.717) is 12.1 Å². The summed E-state index contributed by atoms with van der Waals surface area (Å²) in [6.07, 6.45) is 9.07. The summed E-state index contributed by atoms with van der Waals surface area (Å²) in [5.41, 5.74) is 1.63. The Morgan fingerprint density at radius 2 is 1.92 bits per heavy atom. The highest BCUT2D eigenvalue weighted by atomic mass is 16.5. The lowest BCUT2D eigenvalue weighted by Crippen LogP contribution is -2.56. The minimum Gasteiger partial charge on any atom is -0.375 e. The fourth-order valence-electron chi connectivity index (χ4n) is 5.28. The molecule has 2 saturated heterocycles. The van der Waals surface area contributed by atoms with Crippen LogP contribution >= 0.6 is 0 Å². The summed E-state index contributed by atoms with van der Waals surface area (Å²) in [7, 11) is 2.33. The maximum atomic E-state index is 6.27. The Labute approximate surface area is 147 Å². The number of likely N-dealkylation sites (N-methyl/N-ethyl adjacent to an activating group) is 1. The summed E-state index contributed by atoms with van der Waals surface area (Å²) in [5.74, 6) is 0. The molecule has 0 unspecified atom stereocenters. The molecule has 2 aliphatic heterocycles. The lowest BCUT2D eigenvalue weighted by molar-refractivity contribution is -0.0731. The first-order chi connectivity index (χ1) is 11.8. The monoisotopic (exact) mass is 328 g/mol. The molecule has 132 valence electrons. The maximum Gasteiger partial charge on any atom is 0.0699 e. The minimum atomic E-state index is 0.206. The molecule has 2 heterocycles. The van der Waals surface area contributed by atoms with Crippen molar-refractivity contribution in [3.05, 3.63) is 35.9 Å². The number of nitrogens with zero attached hydrogens (tertiary/aromatic N) is 2. The lowest BCUT2D eigenvalue weighted by Gasteiger charge is -2.48. The number of benzene rings is 1. The Balaban J connectivity index is 1.49. The van der Waals surface area contributed by atoms with Crippen LogP contribution in [0.5, 0.6) is 0 Å². The van der Waals surface area contributed by atoms with Crippen LogP contribution in [0.1, 0.15) is 50.5 Å². The second-order valence-electron chi connectivity index (χ2n) is 8.16. The summed E-state index contributed by atoms with van der Waals surface area (Å²) in [6.45, 7) is 4.62. The van der Waals surface area contributed by atoms with Gasteiger partial charge in [0, 0.05) is 25.2 Å². The van der Waals surface area contributed by atoms with Crippen molar-refractivity contribution in [3.8, 4) is 0 Å². The summed E-state index contributed by atoms with van der Waals surface area (Å²) < 4.78 is 6.27. The number of ether oxygens (including phenoxy) is 1. The van der Waals surface area contributed by atoms with E-state index in [-0.39, 0.29) is 5.60 Å². The van der Waals surface area contributed by atoms with Crippen molar-refractivity contribution in [3.63, 3.8) is 0 Å². The smallest absolute Gasteiger partial charge is 0.0699 e. The predicted octanol–water partition coefficient (Wildman–Crippen LogP) is 3.68. The SMILES string of the molecule is CN(Cc1ccccc1)[C@H]1CC[C@@]2(CCCO2)C[C@@H]1N1CCCC1. The number of rotatable bonds is 4. The van der Waals surface area contributed by atoms with Crippen LogP contribution in [-0.2, 0) is 11.3 Å². The Hall–Kier alpha value is -0.900. The molecule has 24 heavy (non-hydrogen) atoms. The van der Waals surface area contributed by atoms with E-state index in [1.54, 1.807) is 0 Å². The summed E-state index contributed by atoms with van der Waals surface area (Å²) in [6, 6.07) is 12.3. The molecular formula is C21H32N2O. The van der Waals surface area contributed by atoms with Gasteiger partial charge in [-0.1, -0.05) is 30.3 Å². The van der Waals surface area contributed by atoms with Gasteiger partial charge in [0.15, 0.2) is 0 Å². The molecule has 0 N–H and O–H groups in total. The fraction of sp³-hybridized carbons (Fsp3) is 0.714. The fourth-order valence-corrected chi connectivity index (χ4v) is 5.28. The van der Waals surface area contributed by atoms with Crippen LogP contribution < -0.4 is 0 Å². The number of hydrogen-bond donors (Lipinski definition) is 0. The van der Waals surface area contributed by atoms with Gasteiger partial charge < -0.3 is 4.74 Å². The zero-order valence-electron chi connectivity index (χ0n) is 15.1. The van der Waals surface area contributed by atoms with Gasteiger partial charge in [0.05, 0.1) is 5.60 Å². The third-order valence-electron chi connectivity index (χ3n) is 6.56. The molecule has 0 aromatic heterocycles. The van der Waals surface area contributed by atoms with E-state index in [1.807, 2.05) is 0 Å². The van der Waals surface area contributed by atoms with Crippen LogP contribution in [-0.4, -0.2) is 54.2 Å². The van der Waals surface area contributed by atoms with E-state index in [4.69, 9.17) is 4.74 Å². The van der Waals surface area contributed by atoms with Gasteiger partial charge in [-0.15, -0.1) is 0 Å². The Morgan fingerprint density at radius 3 is 2.62 bits per heavy atom. The maximum absolute atomic E-state index is 6.27. The molecule has 0 bridgehead atoms. The second-order valence-corrected chi connectivity index (χ2v) is 8.16. The molecule has 1 aromatic rings. The minimum absolute atomic E-state index is 0.206. The van der Waals surface area contributed by atoms with Crippen molar-refractivity contribution >= 4 is 0 Å². The molecule has 3 fully saturated rings. The zero-order valence-corrected chi connectivity index (χ0v) is 15.1. The first kappa shape index (κ1) is 16.6. The van der Waals surface area contributed by atoms with E-state index in [9.17, 15) is 0 Å². The van der Waals surface area contributed by atoms with Crippen molar-refractivity contribution in [1.82, 2.24) is 9.80 Å². The van der Waals surface area contributed by atoms with Crippen molar-refractivity contribution < 1.29 is 4.74 Å². The third-order valence-corrected chi connectivity index (χ3v) is 6.56. The van der Waals surface area contributed by atoms with Gasteiger partial charge in [0.2, 0.25) is 0 Å². The van der Waals surface area contributed by atoms with Crippen molar-refractivity contribution in [1.29, 1.82) is 0 Å². The van der Waals surface area contributed by atoms with Gasteiger partial charge in [-0.25, -0.2) is 0 Å². The average molecular weight is 329 g/mol. The normalized spacial score (nSPS) is 34.4. The van der Waals surface area contributed by atoms with E-state index < -0.39 is 0 Å². The Bertz CT molecular complexity index is 520. The van der Waals surface area contributed by atoms with Gasteiger partial charge in [-0.3, -0.25) is 9.80 Å². The van der Waals surface area contributed by atoms with E-state index in [2.05, 4.69) is 47.2 Å². The molecular weight excluding hydrogens is 296 g/mol. The van der Waals surface area contributed by atoms with Crippen LogP contribution in [0.4, 0.5) is 0 Å². The summed E-state index contributed by atoms with van der Waals surface area (Å²) in [5, 5.41) is 0. The second kappa shape index (κ2) is 7.15. The average Bonchev–Trinajstić information content (AvgIpc) is 3.28. The van der Waals surface area contributed by atoms with Crippen molar-refractivity contribution in [2.75, 3.05) is 26.7 Å². The van der Waals surface area contributed by atoms with E-state index in [0.717, 1.165) is 13.2 Å².